The molecule has 0 radical (unpaired) electrons. The van der Waals surface area contributed by atoms with Gasteiger partial charge >= 0.3 is 5.51 Å². The average Bonchev–Trinajstić information content (AvgIpc) is 2.15. The molecule has 7 heteroatoms. The normalized spacial score (nSPS) is 13.1. The third-order valence-electron chi connectivity index (χ3n) is 1.71. The molecular formula is C9H10ClF4NS. The Morgan fingerprint density at radius 3 is 2.31 bits per heavy atom. The molecule has 0 aliphatic rings. The van der Waals surface area contributed by atoms with Crippen LogP contribution in [0.3, 0.4) is 0 Å². The van der Waals surface area contributed by atoms with Gasteiger partial charge in [-0.05, 0) is 23.4 Å². The minimum atomic E-state index is -4.38. The molecule has 1 aromatic carbocycles. The Bertz CT molecular complexity index is 332. The highest BCUT2D eigenvalue weighted by Gasteiger charge is 2.30. The van der Waals surface area contributed by atoms with Gasteiger partial charge in [-0.2, -0.15) is 13.2 Å². The molecule has 0 bridgehead atoms. The van der Waals surface area contributed by atoms with Crippen molar-refractivity contribution in [3.8, 4) is 0 Å². The first-order valence-corrected chi connectivity index (χ1v) is 4.92. The second-order valence-electron chi connectivity index (χ2n) is 2.85. The highest BCUT2D eigenvalue weighted by Crippen LogP contribution is 2.39. The molecule has 2 N–H and O–H groups in total. The van der Waals surface area contributed by atoms with Crippen molar-refractivity contribution in [2.24, 2.45) is 5.73 Å². The summed E-state index contributed by atoms with van der Waals surface area (Å²) >= 11 is -0.276. The van der Waals surface area contributed by atoms with E-state index in [-0.39, 0.29) is 34.6 Å². The van der Waals surface area contributed by atoms with Crippen LogP contribution in [0.15, 0.2) is 29.2 Å². The molecule has 0 aliphatic carbocycles. The van der Waals surface area contributed by atoms with E-state index in [4.69, 9.17) is 5.73 Å². The number of hydrogen-bond donors (Lipinski definition) is 1. The van der Waals surface area contributed by atoms with Gasteiger partial charge in [0.05, 0.1) is 6.04 Å². The molecule has 16 heavy (non-hydrogen) atoms. The van der Waals surface area contributed by atoms with Gasteiger partial charge in [0.2, 0.25) is 0 Å². The zero-order valence-electron chi connectivity index (χ0n) is 8.00. The largest absolute Gasteiger partial charge is 0.446 e. The van der Waals surface area contributed by atoms with Gasteiger partial charge in [0.1, 0.15) is 6.67 Å². The lowest BCUT2D eigenvalue weighted by Gasteiger charge is -2.14. The summed E-state index contributed by atoms with van der Waals surface area (Å²) < 4.78 is 48.6. The Morgan fingerprint density at radius 2 is 1.81 bits per heavy atom. The Hall–Kier alpha value is -0.460. The van der Waals surface area contributed by atoms with Crippen molar-refractivity contribution in [3.05, 3.63) is 29.8 Å². The van der Waals surface area contributed by atoms with Gasteiger partial charge in [0, 0.05) is 4.90 Å². The van der Waals surface area contributed by atoms with Crippen molar-refractivity contribution in [1.82, 2.24) is 0 Å². The molecule has 1 atom stereocenters. The van der Waals surface area contributed by atoms with Gasteiger partial charge in [0.15, 0.2) is 0 Å². The highest BCUT2D eigenvalue weighted by molar-refractivity contribution is 8.00. The van der Waals surface area contributed by atoms with E-state index in [0.717, 1.165) is 0 Å². The molecule has 0 amide bonds. The van der Waals surface area contributed by atoms with Gasteiger partial charge in [0.25, 0.3) is 0 Å². The highest BCUT2D eigenvalue weighted by atomic mass is 35.5. The Kier molecular flexibility index (Phi) is 6.14. The van der Waals surface area contributed by atoms with Gasteiger partial charge in [-0.3, -0.25) is 0 Å². The third-order valence-corrected chi connectivity index (χ3v) is 2.53. The van der Waals surface area contributed by atoms with Gasteiger partial charge < -0.3 is 5.73 Å². The molecule has 0 unspecified atom stereocenters. The Morgan fingerprint density at radius 1 is 1.25 bits per heavy atom. The lowest BCUT2D eigenvalue weighted by atomic mass is 10.1. The van der Waals surface area contributed by atoms with E-state index in [9.17, 15) is 17.6 Å². The standard InChI is InChI=1S/C9H9F4NS.ClH/c10-5-7(14)6-3-1-2-4-8(6)15-9(11,12)13;/h1-4,7H,5,14H2;1H/t7-;/m0./s1. The van der Waals surface area contributed by atoms with E-state index in [1.165, 1.54) is 24.3 Å². The van der Waals surface area contributed by atoms with E-state index < -0.39 is 18.2 Å². The molecule has 1 aromatic rings. The summed E-state index contributed by atoms with van der Waals surface area (Å²) in [5.41, 5.74) is 1.16. The SMILES string of the molecule is Cl.N[C@@H](CF)c1ccccc1SC(F)(F)F. The fraction of sp³-hybridized carbons (Fsp3) is 0.333. The van der Waals surface area contributed by atoms with Crippen LogP contribution in [-0.4, -0.2) is 12.2 Å². The number of alkyl halides is 4. The smallest absolute Gasteiger partial charge is 0.322 e. The van der Waals surface area contributed by atoms with E-state index in [1.54, 1.807) is 0 Å². The number of hydrogen-bond acceptors (Lipinski definition) is 2. The molecule has 0 aromatic heterocycles. The monoisotopic (exact) mass is 275 g/mol. The second kappa shape index (κ2) is 6.32. The third kappa shape index (κ3) is 4.59. The summed E-state index contributed by atoms with van der Waals surface area (Å²) in [5, 5.41) is 0. The summed E-state index contributed by atoms with van der Waals surface area (Å²) in [6.07, 6.45) is 0. The van der Waals surface area contributed by atoms with Crippen molar-refractivity contribution in [1.29, 1.82) is 0 Å². The predicted molar refractivity (Wildman–Crippen MR) is 58.5 cm³/mol. The van der Waals surface area contributed by atoms with Crippen molar-refractivity contribution in [2.75, 3.05) is 6.67 Å². The number of nitrogens with two attached hydrogens (primary N) is 1. The molecule has 1 nitrogen and oxygen atoms in total. The van der Waals surface area contributed by atoms with Crippen molar-refractivity contribution in [2.45, 2.75) is 16.4 Å². The lowest BCUT2D eigenvalue weighted by molar-refractivity contribution is -0.0328. The van der Waals surface area contributed by atoms with Crippen LogP contribution in [0, 0.1) is 0 Å². The molecule has 0 fully saturated rings. The van der Waals surface area contributed by atoms with E-state index >= 15 is 0 Å². The number of halogens is 5. The molecule has 0 aliphatic heterocycles. The fourth-order valence-electron chi connectivity index (χ4n) is 1.09. The first-order valence-electron chi connectivity index (χ1n) is 4.10. The molecule has 0 saturated carbocycles. The average molecular weight is 276 g/mol. The molecule has 0 saturated heterocycles. The number of thioether (sulfide) groups is 1. The van der Waals surface area contributed by atoms with Gasteiger partial charge in [-0.25, -0.2) is 4.39 Å². The summed E-state index contributed by atoms with van der Waals surface area (Å²) in [4.78, 5) is -0.0462. The first-order chi connectivity index (χ1) is 6.94. The predicted octanol–water partition coefficient (Wildman–Crippen LogP) is 3.69. The summed E-state index contributed by atoms with van der Waals surface area (Å²) in [6, 6.07) is 4.67. The van der Waals surface area contributed by atoms with E-state index in [1.807, 2.05) is 0 Å². The summed E-state index contributed by atoms with van der Waals surface area (Å²) in [6.45, 7) is -0.880. The van der Waals surface area contributed by atoms with Crippen molar-refractivity contribution in [3.63, 3.8) is 0 Å². The topological polar surface area (TPSA) is 26.0 Å². The molecule has 0 spiro atoms. The van der Waals surface area contributed by atoms with Crippen LogP contribution in [0.25, 0.3) is 0 Å². The maximum atomic E-state index is 12.3. The lowest BCUT2D eigenvalue weighted by Crippen LogP contribution is -2.14. The summed E-state index contributed by atoms with van der Waals surface area (Å²) in [5.74, 6) is 0. The van der Waals surface area contributed by atoms with Crippen molar-refractivity contribution >= 4 is 24.2 Å². The fourth-order valence-corrected chi connectivity index (χ4v) is 1.82. The Labute approximate surface area is 101 Å². The van der Waals surface area contributed by atoms with Crippen LogP contribution in [0.2, 0.25) is 0 Å². The molecule has 0 heterocycles. The van der Waals surface area contributed by atoms with Gasteiger partial charge in [-0.15, -0.1) is 12.4 Å². The quantitative estimate of drug-likeness (QED) is 0.672. The molecule has 1 rings (SSSR count). The first kappa shape index (κ1) is 15.5. The minimum Gasteiger partial charge on any atom is -0.322 e. The minimum absolute atomic E-state index is 0. The van der Waals surface area contributed by atoms with Crippen LogP contribution in [-0.2, 0) is 0 Å². The van der Waals surface area contributed by atoms with Crippen LogP contribution in [0.4, 0.5) is 17.6 Å². The van der Waals surface area contributed by atoms with Crippen LogP contribution in [0.1, 0.15) is 11.6 Å². The maximum absolute atomic E-state index is 12.3. The van der Waals surface area contributed by atoms with Crippen LogP contribution >= 0.6 is 24.2 Å². The van der Waals surface area contributed by atoms with E-state index in [0.29, 0.717) is 0 Å². The number of rotatable bonds is 3. The van der Waals surface area contributed by atoms with Gasteiger partial charge in [-0.1, -0.05) is 18.2 Å². The zero-order valence-corrected chi connectivity index (χ0v) is 9.63. The number of benzene rings is 1. The van der Waals surface area contributed by atoms with E-state index in [2.05, 4.69) is 0 Å². The maximum Gasteiger partial charge on any atom is 0.446 e. The van der Waals surface area contributed by atoms with Crippen molar-refractivity contribution < 1.29 is 17.6 Å². The summed E-state index contributed by atoms with van der Waals surface area (Å²) in [7, 11) is 0. The molecular weight excluding hydrogens is 266 g/mol. The van der Waals surface area contributed by atoms with Crippen LogP contribution in [0.5, 0.6) is 0 Å². The molecule has 92 valence electrons. The second-order valence-corrected chi connectivity index (χ2v) is 3.95. The van der Waals surface area contributed by atoms with Crippen LogP contribution < -0.4 is 5.73 Å². The zero-order chi connectivity index (χ0) is 11.5. The Balaban J connectivity index is 0.00000225.